The maximum atomic E-state index is 12.0. The normalized spacial score (nSPS) is 24.6. The number of aliphatic hydroxyl groups is 1. The fraction of sp³-hybridized carbons (Fsp3) is 0.667. The summed E-state index contributed by atoms with van der Waals surface area (Å²) in [4.78, 5) is 12.0. The number of hydrogen-bond acceptors (Lipinski definition) is 3. The van der Waals surface area contributed by atoms with Crippen molar-refractivity contribution in [3.05, 3.63) is 17.5 Å². The number of hydrogen-bond donors (Lipinski definition) is 2. The highest BCUT2D eigenvalue weighted by Crippen LogP contribution is 2.19. The lowest BCUT2D eigenvalue weighted by atomic mass is 9.92. The molecule has 0 aromatic carbocycles. The van der Waals surface area contributed by atoms with Crippen molar-refractivity contribution >= 4 is 5.91 Å². The van der Waals surface area contributed by atoms with Gasteiger partial charge in [-0.05, 0) is 19.8 Å². The molecule has 1 fully saturated rings. The van der Waals surface area contributed by atoms with Gasteiger partial charge in [-0.15, -0.1) is 0 Å². The van der Waals surface area contributed by atoms with Gasteiger partial charge < -0.3 is 10.4 Å². The lowest BCUT2D eigenvalue weighted by Crippen LogP contribution is -2.45. The molecule has 5 nitrogen and oxygen atoms in total. The van der Waals surface area contributed by atoms with Crippen LogP contribution in [0.3, 0.4) is 0 Å². The van der Waals surface area contributed by atoms with E-state index >= 15 is 0 Å². The van der Waals surface area contributed by atoms with E-state index in [-0.39, 0.29) is 11.9 Å². The zero-order chi connectivity index (χ0) is 12.4. The maximum absolute atomic E-state index is 12.0. The van der Waals surface area contributed by atoms with Crippen molar-refractivity contribution in [2.45, 2.75) is 44.8 Å². The average molecular weight is 237 g/mol. The van der Waals surface area contributed by atoms with Gasteiger partial charge in [-0.3, -0.25) is 9.48 Å². The summed E-state index contributed by atoms with van der Waals surface area (Å²) in [6.07, 6.45) is 5.03. The molecular weight excluding hydrogens is 218 g/mol. The number of carbonyl (C=O) groups is 1. The van der Waals surface area contributed by atoms with Gasteiger partial charge in [0.2, 0.25) is 0 Å². The Labute approximate surface area is 101 Å². The largest absolute Gasteiger partial charge is 0.391 e. The summed E-state index contributed by atoms with van der Waals surface area (Å²) in [5.41, 5.74) is 1.31. The van der Waals surface area contributed by atoms with Gasteiger partial charge >= 0.3 is 0 Å². The van der Waals surface area contributed by atoms with Crippen LogP contribution in [-0.2, 0) is 7.05 Å². The molecule has 1 heterocycles. The number of aliphatic hydroxyl groups excluding tert-OH is 1. The van der Waals surface area contributed by atoms with Crippen LogP contribution < -0.4 is 5.32 Å². The summed E-state index contributed by atoms with van der Waals surface area (Å²) in [5.74, 6) is -0.137. The van der Waals surface area contributed by atoms with E-state index in [4.69, 9.17) is 0 Å². The Kier molecular flexibility index (Phi) is 3.47. The summed E-state index contributed by atoms with van der Waals surface area (Å²) in [6, 6.07) is -0.115. The minimum Gasteiger partial charge on any atom is -0.391 e. The predicted molar refractivity (Wildman–Crippen MR) is 63.7 cm³/mol. The first-order chi connectivity index (χ1) is 8.08. The van der Waals surface area contributed by atoms with Crippen molar-refractivity contribution in [3.63, 3.8) is 0 Å². The Morgan fingerprint density at radius 1 is 1.53 bits per heavy atom. The summed E-state index contributed by atoms with van der Waals surface area (Å²) in [5, 5.41) is 16.8. The molecular formula is C12H19N3O2. The summed E-state index contributed by atoms with van der Waals surface area (Å²) in [6.45, 7) is 1.81. The molecule has 2 N–H and O–H groups in total. The van der Waals surface area contributed by atoms with Gasteiger partial charge in [0.25, 0.3) is 5.91 Å². The Bertz CT molecular complexity index is 414. The van der Waals surface area contributed by atoms with E-state index in [1.54, 1.807) is 17.9 Å². The van der Waals surface area contributed by atoms with E-state index in [1.165, 1.54) is 0 Å². The van der Waals surface area contributed by atoms with Gasteiger partial charge in [-0.1, -0.05) is 12.8 Å². The van der Waals surface area contributed by atoms with Crippen LogP contribution in [0.15, 0.2) is 6.20 Å². The first-order valence-corrected chi connectivity index (χ1v) is 6.07. The predicted octanol–water partition coefficient (Wildman–Crippen LogP) is 0.762. The molecule has 0 bridgehead atoms. The number of amides is 1. The minimum atomic E-state index is -0.412. The fourth-order valence-corrected chi connectivity index (χ4v) is 2.35. The summed E-state index contributed by atoms with van der Waals surface area (Å²) >= 11 is 0. The van der Waals surface area contributed by atoms with Crippen molar-refractivity contribution in [1.29, 1.82) is 0 Å². The highest BCUT2D eigenvalue weighted by Gasteiger charge is 2.25. The quantitative estimate of drug-likeness (QED) is 0.798. The topological polar surface area (TPSA) is 67.2 Å². The molecule has 0 spiro atoms. The van der Waals surface area contributed by atoms with Crippen LogP contribution in [0.4, 0.5) is 0 Å². The molecule has 1 aliphatic carbocycles. The van der Waals surface area contributed by atoms with Crippen LogP contribution >= 0.6 is 0 Å². The van der Waals surface area contributed by atoms with Crippen LogP contribution in [0, 0.1) is 6.92 Å². The third-order valence-corrected chi connectivity index (χ3v) is 3.30. The van der Waals surface area contributed by atoms with E-state index < -0.39 is 6.10 Å². The van der Waals surface area contributed by atoms with Crippen molar-refractivity contribution < 1.29 is 9.90 Å². The second-order valence-corrected chi connectivity index (χ2v) is 4.73. The smallest absolute Gasteiger partial charge is 0.255 e. The number of nitrogens with one attached hydrogen (secondary N) is 1. The van der Waals surface area contributed by atoms with Gasteiger partial charge in [0.05, 0.1) is 23.4 Å². The second-order valence-electron chi connectivity index (χ2n) is 4.73. The van der Waals surface area contributed by atoms with Crippen LogP contribution in [0.5, 0.6) is 0 Å². The molecule has 0 unspecified atom stereocenters. The van der Waals surface area contributed by atoms with Crippen LogP contribution in [0.25, 0.3) is 0 Å². The molecule has 0 aliphatic heterocycles. The number of rotatable bonds is 2. The molecule has 0 radical (unpaired) electrons. The van der Waals surface area contributed by atoms with Crippen molar-refractivity contribution in [2.24, 2.45) is 7.05 Å². The average Bonchev–Trinajstić information content (AvgIpc) is 2.61. The molecule has 1 aromatic rings. The Morgan fingerprint density at radius 2 is 2.24 bits per heavy atom. The van der Waals surface area contributed by atoms with E-state index in [2.05, 4.69) is 10.4 Å². The SMILES string of the molecule is Cc1nn(C)cc1C(=O)N[C@@H]1CCCC[C@H]1O. The van der Waals surface area contributed by atoms with Crippen molar-refractivity contribution in [2.75, 3.05) is 0 Å². The molecule has 5 heteroatoms. The zero-order valence-corrected chi connectivity index (χ0v) is 10.3. The van der Waals surface area contributed by atoms with Gasteiger partial charge in [0.1, 0.15) is 0 Å². The highest BCUT2D eigenvalue weighted by molar-refractivity contribution is 5.95. The van der Waals surface area contributed by atoms with Gasteiger partial charge in [-0.25, -0.2) is 0 Å². The third-order valence-electron chi connectivity index (χ3n) is 3.30. The second kappa shape index (κ2) is 4.87. The molecule has 94 valence electrons. The lowest BCUT2D eigenvalue weighted by Gasteiger charge is -2.28. The molecule has 1 aromatic heterocycles. The third kappa shape index (κ3) is 2.66. The standard InChI is InChI=1S/C12H19N3O2/c1-8-9(7-15(2)14-8)12(17)13-10-5-3-4-6-11(10)16/h7,10-11,16H,3-6H2,1-2H3,(H,13,17)/t10-,11-/m1/s1. The first-order valence-electron chi connectivity index (χ1n) is 6.07. The summed E-state index contributed by atoms with van der Waals surface area (Å²) < 4.78 is 1.63. The molecule has 2 atom stereocenters. The number of aryl methyl sites for hydroxylation is 2. The number of aromatic nitrogens is 2. The van der Waals surface area contributed by atoms with Crippen LogP contribution in [-0.4, -0.2) is 32.9 Å². The minimum absolute atomic E-state index is 0.115. The van der Waals surface area contributed by atoms with Crippen LogP contribution in [0.1, 0.15) is 41.7 Å². The fourth-order valence-electron chi connectivity index (χ4n) is 2.35. The molecule has 1 aliphatic rings. The van der Waals surface area contributed by atoms with Crippen LogP contribution in [0.2, 0.25) is 0 Å². The monoisotopic (exact) mass is 237 g/mol. The number of nitrogens with zero attached hydrogens (tertiary/aromatic N) is 2. The molecule has 1 saturated carbocycles. The summed E-state index contributed by atoms with van der Waals surface area (Å²) in [7, 11) is 1.79. The molecule has 2 rings (SSSR count). The Hall–Kier alpha value is -1.36. The number of carbonyl (C=O) groups excluding carboxylic acids is 1. The Balaban J connectivity index is 2.03. The molecule has 0 saturated heterocycles. The highest BCUT2D eigenvalue weighted by atomic mass is 16.3. The molecule has 1 amide bonds. The van der Waals surface area contributed by atoms with E-state index in [1.807, 2.05) is 6.92 Å². The van der Waals surface area contributed by atoms with E-state index in [0.717, 1.165) is 31.4 Å². The van der Waals surface area contributed by atoms with E-state index in [0.29, 0.717) is 5.56 Å². The Morgan fingerprint density at radius 3 is 2.82 bits per heavy atom. The van der Waals surface area contributed by atoms with Gasteiger partial charge in [0.15, 0.2) is 0 Å². The first kappa shape index (κ1) is 12.1. The van der Waals surface area contributed by atoms with Gasteiger partial charge in [-0.2, -0.15) is 5.10 Å². The van der Waals surface area contributed by atoms with Crippen molar-refractivity contribution in [3.8, 4) is 0 Å². The molecule has 17 heavy (non-hydrogen) atoms. The van der Waals surface area contributed by atoms with E-state index in [9.17, 15) is 9.90 Å². The van der Waals surface area contributed by atoms with Gasteiger partial charge in [0, 0.05) is 13.2 Å². The van der Waals surface area contributed by atoms with Crippen molar-refractivity contribution in [1.82, 2.24) is 15.1 Å². The zero-order valence-electron chi connectivity index (χ0n) is 10.3. The maximum Gasteiger partial charge on any atom is 0.255 e. The lowest BCUT2D eigenvalue weighted by molar-refractivity contribution is 0.0717.